The summed E-state index contributed by atoms with van der Waals surface area (Å²) in [4.78, 5) is 4.39. The molecule has 1 aromatic heterocycles. The number of hydrogen-bond donors (Lipinski definition) is 1. The number of pyridine rings is 1. The molecule has 1 heterocycles. The molecule has 0 spiro atoms. The molecule has 0 aromatic carbocycles. The molecule has 18 heavy (non-hydrogen) atoms. The number of nitrogens with one attached hydrogen (secondary N) is 1. The van der Waals surface area contributed by atoms with Crippen LogP contribution in [0.2, 0.25) is 0 Å². The lowest BCUT2D eigenvalue weighted by atomic mass is 9.98. The van der Waals surface area contributed by atoms with Crippen molar-refractivity contribution in [2.45, 2.75) is 58.2 Å². The first-order chi connectivity index (χ1) is 8.88. The fourth-order valence-electron chi connectivity index (χ4n) is 2.31. The van der Waals surface area contributed by atoms with Gasteiger partial charge in [0.2, 0.25) is 0 Å². The van der Waals surface area contributed by atoms with Gasteiger partial charge >= 0.3 is 0 Å². The van der Waals surface area contributed by atoms with E-state index >= 15 is 0 Å². The van der Waals surface area contributed by atoms with Gasteiger partial charge in [-0.1, -0.05) is 32.3 Å². The van der Waals surface area contributed by atoms with Gasteiger partial charge in [0.15, 0.2) is 0 Å². The van der Waals surface area contributed by atoms with Crippen molar-refractivity contribution in [1.29, 1.82) is 0 Å². The fourth-order valence-corrected chi connectivity index (χ4v) is 2.31. The van der Waals surface area contributed by atoms with Crippen LogP contribution in [0.25, 0.3) is 0 Å². The average Bonchev–Trinajstić information content (AvgIpc) is 2.45. The van der Waals surface area contributed by atoms with Crippen LogP contribution in [0.1, 0.15) is 51.0 Å². The van der Waals surface area contributed by atoms with Gasteiger partial charge < -0.3 is 10.1 Å². The van der Waals surface area contributed by atoms with E-state index in [0.29, 0.717) is 12.7 Å². The third kappa shape index (κ3) is 4.30. The average molecular weight is 248 g/mol. The Morgan fingerprint density at radius 3 is 2.78 bits per heavy atom. The second kappa shape index (κ2) is 7.37. The minimum Gasteiger partial charge on any atom is -0.373 e. The molecule has 1 fully saturated rings. The zero-order valence-corrected chi connectivity index (χ0v) is 11.3. The van der Waals surface area contributed by atoms with Gasteiger partial charge in [-0.15, -0.1) is 0 Å². The molecule has 1 saturated carbocycles. The van der Waals surface area contributed by atoms with Crippen LogP contribution in [0.15, 0.2) is 18.3 Å². The van der Waals surface area contributed by atoms with Crippen LogP contribution < -0.4 is 5.32 Å². The maximum Gasteiger partial charge on any atom is 0.125 e. The quantitative estimate of drug-likeness (QED) is 0.832. The molecule has 1 aliphatic rings. The zero-order valence-electron chi connectivity index (χ0n) is 11.3. The van der Waals surface area contributed by atoms with E-state index < -0.39 is 0 Å². The first kappa shape index (κ1) is 13.3. The molecular formula is C15H24N2O. The molecule has 0 unspecified atom stereocenters. The predicted octanol–water partition coefficient (Wildman–Crippen LogP) is 3.75. The molecule has 1 aromatic rings. The Kier molecular flexibility index (Phi) is 5.46. The molecule has 3 heteroatoms. The lowest BCUT2D eigenvalue weighted by Crippen LogP contribution is -2.16. The standard InChI is InChI=1S/C15H24N2O/c1-2-10-16-15-9-8-13(11-17-15)12-18-14-6-4-3-5-7-14/h8-9,11,14H,2-7,10,12H2,1H3,(H,16,17). The van der Waals surface area contributed by atoms with Crippen molar-refractivity contribution >= 4 is 5.82 Å². The highest BCUT2D eigenvalue weighted by Crippen LogP contribution is 2.21. The van der Waals surface area contributed by atoms with Crippen LogP contribution >= 0.6 is 0 Å². The maximum atomic E-state index is 5.93. The van der Waals surface area contributed by atoms with Gasteiger partial charge in [-0.05, 0) is 30.9 Å². The molecule has 2 rings (SSSR count). The van der Waals surface area contributed by atoms with Crippen molar-refractivity contribution in [1.82, 2.24) is 4.98 Å². The van der Waals surface area contributed by atoms with Gasteiger partial charge in [0.05, 0.1) is 12.7 Å². The third-order valence-electron chi connectivity index (χ3n) is 3.42. The molecule has 0 bridgehead atoms. The number of aromatic nitrogens is 1. The Hall–Kier alpha value is -1.09. The van der Waals surface area contributed by atoms with Crippen molar-refractivity contribution in [3.8, 4) is 0 Å². The van der Waals surface area contributed by atoms with Crippen molar-refractivity contribution in [3.63, 3.8) is 0 Å². The monoisotopic (exact) mass is 248 g/mol. The minimum absolute atomic E-state index is 0.469. The Bertz CT molecular complexity index is 331. The largest absolute Gasteiger partial charge is 0.373 e. The van der Waals surface area contributed by atoms with E-state index in [0.717, 1.165) is 18.8 Å². The van der Waals surface area contributed by atoms with Gasteiger partial charge in [-0.2, -0.15) is 0 Å². The smallest absolute Gasteiger partial charge is 0.125 e. The van der Waals surface area contributed by atoms with Gasteiger partial charge in [-0.3, -0.25) is 0 Å². The molecule has 100 valence electrons. The summed E-state index contributed by atoms with van der Waals surface area (Å²) in [6.45, 7) is 3.83. The van der Waals surface area contributed by atoms with E-state index in [2.05, 4.69) is 23.3 Å². The van der Waals surface area contributed by atoms with Crippen LogP contribution in [0.3, 0.4) is 0 Å². The molecule has 1 N–H and O–H groups in total. The summed E-state index contributed by atoms with van der Waals surface area (Å²) in [5.41, 5.74) is 1.17. The number of ether oxygens (including phenoxy) is 1. The van der Waals surface area contributed by atoms with E-state index in [1.807, 2.05) is 12.3 Å². The van der Waals surface area contributed by atoms with Crippen molar-refractivity contribution in [2.24, 2.45) is 0 Å². The second-order valence-corrected chi connectivity index (χ2v) is 5.05. The lowest BCUT2D eigenvalue weighted by molar-refractivity contribution is 0.0167. The number of hydrogen-bond acceptors (Lipinski definition) is 3. The number of rotatable bonds is 6. The summed E-state index contributed by atoms with van der Waals surface area (Å²) in [6, 6.07) is 4.14. The molecule has 1 aliphatic carbocycles. The molecule has 0 amide bonds. The van der Waals surface area contributed by atoms with Crippen LogP contribution in [0.4, 0.5) is 5.82 Å². The van der Waals surface area contributed by atoms with Gasteiger partial charge in [0, 0.05) is 12.7 Å². The summed E-state index contributed by atoms with van der Waals surface area (Å²) in [7, 11) is 0. The first-order valence-electron chi connectivity index (χ1n) is 7.19. The summed E-state index contributed by atoms with van der Waals surface area (Å²) in [6.07, 6.45) is 9.98. The normalized spacial score (nSPS) is 16.7. The Morgan fingerprint density at radius 2 is 2.11 bits per heavy atom. The highest BCUT2D eigenvalue weighted by molar-refractivity contribution is 5.35. The highest BCUT2D eigenvalue weighted by Gasteiger charge is 2.13. The molecule has 0 aliphatic heterocycles. The second-order valence-electron chi connectivity index (χ2n) is 5.05. The van der Waals surface area contributed by atoms with E-state index in [1.54, 1.807) is 0 Å². The van der Waals surface area contributed by atoms with Crippen LogP contribution in [0.5, 0.6) is 0 Å². The summed E-state index contributed by atoms with van der Waals surface area (Å²) in [5, 5.41) is 3.28. The zero-order chi connectivity index (χ0) is 12.6. The Labute approximate surface area is 110 Å². The van der Waals surface area contributed by atoms with Gasteiger partial charge in [-0.25, -0.2) is 4.98 Å². The van der Waals surface area contributed by atoms with Gasteiger partial charge in [0.25, 0.3) is 0 Å². The van der Waals surface area contributed by atoms with E-state index in [4.69, 9.17) is 4.74 Å². The third-order valence-corrected chi connectivity index (χ3v) is 3.42. The van der Waals surface area contributed by atoms with Gasteiger partial charge in [0.1, 0.15) is 5.82 Å². The van der Waals surface area contributed by atoms with Crippen molar-refractivity contribution < 1.29 is 4.74 Å². The Balaban J connectivity index is 1.75. The maximum absolute atomic E-state index is 5.93. The topological polar surface area (TPSA) is 34.1 Å². The first-order valence-corrected chi connectivity index (χ1v) is 7.19. The van der Waals surface area contributed by atoms with E-state index in [9.17, 15) is 0 Å². The highest BCUT2D eigenvalue weighted by atomic mass is 16.5. The van der Waals surface area contributed by atoms with E-state index in [-0.39, 0.29) is 0 Å². The molecule has 0 atom stereocenters. The van der Waals surface area contributed by atoms with Crippen LogP contribution in [-0.4, -0.2) is 17.6 Å². The molecule has 0 radical (unpaired) electrons. The lowest BCUT2D eigenvalue weighted by Gasteiger charge is -2.21. The summed E-state index contributed by atoms with van der Waals surface area (Å²) >= 11 is 0. The molecular weight excluding hydrogens is 224 g/mol. The molecule has 3 nitrogen and oxygen atoms in total. The molecule has 0 saturated heterocycles. The van der Waals surface area contributed by atoms with Crippen LogP contribution in [-0.2, 0) is 11.3 Å². The van der Waals surface area contributed by atoms with Crippen LogP contribution in [0, 0.1) is 0 Å². The predicted molar refractivity (Wildman–Crippen MR) is 74.7 cm³/mol. The SMILES string of the molecule is CCCNc1ccc(COC2CCCCC2)cn1. The van der Waals surface area contributed by atoms with Crippen molar-refractivity contribution in [3.05, 3.63) is 23.9 Å². The number of nitrogens with zero attached hydrogens (tertiary/aromatic N) is 1. The van der Waals surface area contributed by atoms with E-state index in [1.165, 1.54) is 37.7 Å². The summed E-state index contributed by atoms with van der Waals surface area (Å²) < 4.78 is 5.93. The minimum atomic E-state index is 0.469. The summed E-state index contributed by atoms with van der Waals surface area (Å²) in [5.74, 6) is 0.957. The fraction of sp³-hybridized carbons (Fsp3) is 0.667. The van der Waals surface area contributed by atoms with Crippen molar-refractivity contribution in [2.75, 3.05) is 11.9 Å². The number of anilines is 1. The Morgan fingerprint density at radius 1 is 1.28 bits per heavy atom.